The van der Waals surface area contributed by atoms with E-state index in [1.165, 1.54) is 23.5 Å². The topological polar surface area (TPSA) is 55.8 Å². The number of ether oxygens (including phenoxy) is 2. The molecule has 0 saturated heterocycles. The number of thiophene rings is 1. The van der Waals surface area contributed by atoms with E-state index in [1.807, 2.05) is 13.0 Å². The van der Waals surface area contributed by atoms with Gasteiger partial charge in [0.2, 0.25) is 0 Å². The summed E-state index contributed by atoms with van der Waals surface area (Å²) in [7, 11) is 0. The van der Waals surface area contributed by atoms with E-state index in [4.69, 9.17) is 14.6 Å². The highest BCUT2D eigenvalue weighted by atomic mass is 32.1. The molecule has 0 unspecified atom stereocenters. The fourth-order valence-electron chi connectivity index (χ4n) is 2.80. The highest BCUT2D eigenvalue weighted by molar-refractivity contribution is 7.15. The Bertz CT molecular complexity index is 1040. The molecule has 0 aliphatic rings. The zero-order valence-corrected chi connectivity index (χ0v) is 17.1. The van der Waals surface area contributed by atoms with Gasteiger partial charge >= 0.3 is 12.1 Å². The molecule has 1 heterocycles. The highest BCUT2D eigenvalue weighted by Crippen LogP contribution is 2.35. The van der Waals surface area contributed by atoms with E-state index in [0.717, 1.165) is 38.6 Å². The van der Waals surface area contributed by atoms with Crippen molar-refractivity contribution in [3.05, 3.63) is 70.1 Å². The van der Waals surface area contributed by atoms with Crippen molar-refractivity contribution in [1.82, 2.24) is 0 Å². The zero-order valence-electron chi connectivity index (χ0n) is 16.2. The average molecular weight is 436 g/mol. The first kappa shape index (κ1) is 21.7. The number of aliphatic carboxylic acids is 1. The fraction of sp³-hybridized carbons (Fsp3) is 0.227. The summed E-state index contributed by atoms with van der Waals surface area (Å²) in [5.41, 5.74) is 1.74. The van der Waals surface area contributed by atoms with E-state index >= 15 is 0 Å². The van der Waals surface area contributed by atoms with Gasteiger partial charge in [0.1, 0.15) is 18.1 Å². The standard InChI is InChI=1S/C22H19F3O4S/c1-13-9-18(7-8-19(13)29-12-21(26)27)28-11-16-10-20(30-14(16)2)15-3-5-17(6-4-15)22(23,24)25/h3-10H,11-12H2,1-2H3,(H,26,27). The van der Waals surface area contributed by atoms with Crippen LogP contribution in [-0.4, -0.2) is 17.7 Å². The quantitative estimate of drug-likeness (QED) is 0.487. The van der Waals surface area contributed by atoms with Crippen molar-refractivity contribution in [2.45, 2.75) is 26.6 Å². The Kier molecular flexibility index (Phi) is 6.36. The Labute approximate surface area is 175 Å². The van der Waals surface area contributed by atoms with Gasteiger partial charge < -0.3 is 14.6 Å². The van der Waals surface area contributed by atoms with Gasteiger partial charge in [-0.3, -0.25) is 0 Å². The van der Waals surface area contributed by atoms with Crippen LogP contribution < -0.4 is 9.47 Å². The van der Waals surface area contributed by atoms with Gasteiger partial charge in [0.05, 0.1) is 5.56 Å². The maximum atomic E-state index is 12.7. The molecule has 0 bridgehead atoms. The number of carboxylic acids is 1. The molecule has 1 aromatic heterocycles. The number of hydrogen-bond donors (Lipinski definition) is 1. The number of benzene rings is 2. The summed E-state index contributed by atoms with van der Waals surface area (Å²) >= 11 is 1.49. The normalized spacial score (nSPS) is 11.4. The van der Waals surface area contributed by atoms with E-state index in [9.17, 15) is 18.0 Å². The molecule has 30 heavy (non-hydrogen) atoms. The monoisotopic (exact) mass is 436 g/mol. The van der Waals surface area contributed by atoms with Crippen molar-refractivity contribution in [2.24, 2.45) is 0 Å². The SMILES string of the molecule is Cc1cc(OCc2cc(-c3ccc(C(F)(F)F)cc3)sc2C)ccc1OCC(=O)O. The lowest BCUT2D eigenvalue weighted by molar-refractivity contribution is -0.139. The van der Waals surface area contributed by atoms with Gasteiger partial charge in [-0.1, -0.05) is 12.1 Å². The molecule has 2 aromatic carbocycles. The van der Waals surface area contributed by atoms with Gasteiger partial charge in [-0.2, -0.15) is 13.2 Å². The lowest BCUT2D eigenvalue weighted by Crippen LogP contribution is -2.10. The van der Waals surface area contributed by atoms with E-state index in [2.05, 4.69) is 0 Å². The van der Waals surface area contributed by atoms with Gasteiger partial charge in [-0.25, -0.2) is 4.79 Å². The van der Waals surface area contributed by atoms with Gasteiger partial charge in [0.15, 0.2) is 6.61 Å². The van der Waals surface area contributed by atoms with Crippen molar-refractivity contribution in [1.29, 1.82) is 0 Å². The first-order chi connectivity index (χ1) is 14.1. The molecule has 1 N–H and O–H groups in total. The van der Waals surface area contributed by atoms with Crippen LogP contribution in [0.25, 0.3) is 10.4 Å². The molecule has 0 amide bonds. The first-order valence-electron chi connectivity index (χ1n) is 8.98. The lowest BCUT2D eigenvalue weighted by atomic mass is 10.1. The fourth-order valence-corrected chi connectivity index (χ4v) is 3.84. The van der Waals surface area contributed by atoms with Gasteiger partial charge in [-0.15, -0.1) is 11.3 Å². The molecule has 8 heteroatoms. The molecule has 0 spiro atoms. The van der Waals surface area contributed by atoms with Crippen molar-refractivity contribution >= 4 is 17.3 Å². The van der Waals surface area contributed by atoms with Crippen LogP contribution in [0.1, 0.15) is 21.6 Å². The van der Waals surface area contributed by atoms with Gasteiger partial charge in [0, 0.05) is 15.3 Å². The second-order valence-corrected chi connectivity index (χ2v) is 7.92. The summed E-state index contributed by atoms with van der Waals surface area (Å²) < 4.78 is 49.2. The Morgan fingerprint density at radius 1 is 1.03 bits per heavy atom. The maximum absolute atomic E-state index is 12.7. The van der Waals surface area contributed by atoms with Crippen molar-refractivity contribution in [3.8, 4) is 21.9 Å². The number of alkyl halides is 3. The van der Waals surface area contributed by atoms with Gasteiger partial charge in [0.25, 0.3) is 0 Å². The molecular weight excluding hydrogens is 417 g/mol. The van der Waals surface area contributed by atoms with E-state index in [-0.39, 0.29) is 0 Å². The summed E-state index contributed by atoms with van der Waals surface area (Å²) in [5, 5.41) is 8.69. The number of rotatable bonds is 7. The zero-order chi connectivity index (χ0) is 21.9. The number of carbonyl (C=O) groups is 1. The average Bonchev–Trinajstić information content (AvgIpc) is 3.05. The second kappa shape index (κ2) is 8.79. The molecule has 0 fully saturated rings. The summed E-state index contributed by atoms with van der Waals surface area (Å²) in [6, 6.07) is 12.1. The van der Waals surface area contributed by atoms with E-state index in [0.29, 0.717) is 18.1 Å². The maximum Gasteiger partial charge on any atom is 0.416 e. The Morgan fingerprint density at radius 3 is 2.33 bits per heavy atom. The Morgan fingerprint density at radius 2 is 1.73 bits per heavy atom. The Hall–Kier alpha value is -3.00. The Balaban J connectivity index is 1.68. The van der Waals surface area contributed by atoms with Crippen LogP contribution in [0.3, 0.4) is 0 Å². The molecule has 0 radical (unpaired) electrons. The van der Waals surface area contributed by atoms with Crippen molar-refractivity contribution in [2.75, 3.05) is 6.61 Å². The predicted molar refractivity (Wildman–Crippen MR) is 108 cm³/mol. The molecule has 0 atom stereocenters. The molecular formula is C22H19F3O4S. The van der Waals surface area contributed by atoms with Crippen molar-refractivity contribution in [3.63, 3.8) is 0 Å². The van der Waals surface area contributed by atoms with Crippen LogP contribution in [0, 0.1) is 13.8 Å². The molecule has 0 saturated carbocycles. The number of hydrogen-bond acceptors (Lipinski definition) is 4. The minimum Gasteiger partial charge on any atom is -0.489 e. The first-order valence-corrected chi connectivity index (χ1v) is 9.80. The van der Waals surface area contributed by atoms with Crippen molar-refractivity contribution < 1.29 is 32.5 Å². The van der Waals surface area contributed by atoms with E-state index < -0.39 is 24.3 Å². The molecule has 0 aliphatic carbocycles. The van der Waals surface area contributed by atoms with Crippen LogP contribution >= 0.6 is 11.3 Å². The third-order valence-corrected chi connectivity index (χ3v) is 5.55. The lowest BCUT2D eigenvalue weighted by Gasteiger charge is -2.10. The minimum absolute atomic E-state index is 0.303. The van der Waals surface area contributed by atoms with Crippen LogP contribution in [-0.2, 0) is 17.6 Å². The predicted octanol–water partition coefficient (Wildman–Crippen LogP) is 6.09. The van der Waals surface area contributed by atoms with Gasteiger partial charge in [-0.05, 0) is 61.4 Å². The van der Waals surface area contributed by atoms with Crippen LogP contribution in [0.2, 0.25) is 0 Å². The number of halogens is 3. The second-order valence-electron chi connectivity index (χ2n) is 6.67. The molecule has 0 aliphatic heterocycles. The van der Waals surface area contributed by atoms with Crippen LogP contribution in [0.4, 0.5) is 13.2 Å². The third kappa shape index (κ3) is 5.33. The summed E-state index contributed by atoms with van der Waals surface area (Å²) in [4.78, 5) is 12.5. The minimum atomic E-state index is -4.35. The third-order valence-electron chi connectivity index (χ3n) is 4.41. The molecule has 3 rings (SSSR count). The molecule has 3 aromatic rings. The van der Waals surface area contributed by atoms with Crippen LogP contribution in [0.5, 0.6) is 11.5 Å². The largest absolute Gasteiger partial charge is 0.489 e. The molecule has 4 nitrogen and oxygen atoms in total. The number of carboxylic acid groups (broad SMARTS) is 1. The summed E-state index contributed by atoms with van der Waals surface area (Å²) in [5.74, 6) is 0.0319. The van der Waals surface area contributed by atoms with E-state index in [1.54, 1.807) is 25.1 Å². The highest BCUT2D eigenvalue weighted by Gasteiger charge is 2.30. The van der Waals surface area contributed by atoms with Crippen LogP contribution in [0.15, 0.2) is 48.5 Å². The summed E-state index contributed by atoms with van der Waals surface area (Å²) in [6.07, 6.45) is -4.35. The molecule has 158 valence electrons. The smallest absolute Gasteiger partial charge is 0.416 e. The number of aryl methyl sites for hydroxylation is 2. The summed E-state index contributed by atoms with van der Waals surface area (Å²) in [6.45, 7) is 3.62.